The van der Waals surface area contributed by atoms with Gasteiger partial charge in [0, 0.05) is 6.20 Å². The van der Waals surface area contributed by atoms with E-state index in [-0.39, 0.29) is 6.04 Å². The molecule has 0 fully saturated rings. The lowest BCUT2D eigenvalue weighted by Crippen LogP contribution is -2.15. The lowest BCUT2D eigenvalue weighted by molar-refractivity contribution is 0.680. The minimum absolute atomic E-state index is 0.268. The van der Waals surface area contributed by atoms with E-state index in [0.717, 1.165) is 0 Å². The van der Waals surface area contributed by atoms with Crippen molar-refractivity contribution in [2.45, 2.75) is 13.0 Å². The van der Waals surface area contributed by atoms with Crippen molar-refractivity contribution in [3.05, 3.63) is 36.0 Å². The average molecular weight is 214 g/mol. The van der Waals surface area contributed by atoms with Gasteiger partial charge in [-0.1, -0.05) is 0 Å². The number of aromatic nitrogens is 4. The maximum absolute atomic E-state index is 8.96. The second-order valence-electron chi connectivity index (χ2n) is 3.31. The molecule has 0 unspecified atom stereocenters. The van der Waals surface area contributed by atoms with Gasteiger partial charge in [0.25, 0.3) is 0 Å². The van der Waals surface area contributed by atoms with E-state index in [9.17, 15) is 0 Å². The van der Waals surface area contributed by atoms with Gasteiger partial charge in [0.2, 0.25) is 0 Å². The summed E-state index contributed by atoms with van der Waals surface area (Å²) in [6.07, 6.45) is 3.00. The van der Waals surface area contributed by atoms with Crippen LogP contribution in [0.5, 0.6) is 0 Å². The first-order chi connectivity index (χ1) is 7.74. The molecule has 16 heavy (non-hydrogen) atoms. The van der Waals surface area contributed by atoms with Crippen molar-refractivity contribution in [2.75, 3.05) is 0 Å². The summed E-state index contributed by atoms with van der Waals surface area (Å²) < 4.78 is 1.49. The fourth-order valence-corrected chi connectivity index (χ4v) is 1.38. The molecule has 0 radical (unpaired) electrons. The van der Waals surface area contributed by atoms with Gasteiger partial charge in [-0.05, 0) is 19.1 Å². The molecule has 2 N–H and O–H groups in total. The molecular weight excluding hydrogens is 204 g/mol. The number of hydrogen-bond acceptors (Lipinski definition) is 5. The standard InChI is InChI=1S/C10H10N6/c1-7(12)9-14-6-15-16(9)10-8(5-11)3-2-4-13-10/h2-4,6-7H,12H2,1H3/t7-/m0/s1. The maximum Gasteiger partial charge on any atom is 0.173 e. The van der Waals surface area contributed by atoms with E-state index in [0.29, 0.717) is 17.2 Å². The van der Waals surface area contributed by atoms with E-state index < -0.39 is 0 Å². The van der Waals surface area contributed by atoms with Crippen LogP contribution in [0.3, 0.4) is 0 Å². The third-order valence-electron chi connectivity index (χ3n) is 2.09. The van der Waals surface area contributed by atoms with E-state index in [4.69, 9.17) is 11.0 Å². The fourth-order valence-electron chi connectivity index (χ4n) is 1.38. The van der Waals surface area contributed by atoms with Crippen LogP contribution in [0, 0.1) is 11.3 Å². The van der Waals surface area contributed by atoms with Crippen molar-refractivity contribution in [2.24, 2.45) is 5.73 Å². The van der Waals surface area contributed by atoms with Gasteiger partial charge in [-0.25, -0.2) is 9.97 Å². The highest BCUT2D eigenvalue weighted by atomic mass is 15.4. The summed E-state index contributed by atoms with van der Waals surface area (Å²) in [5.41, 5.74) is 6.19. The molecule has 0 aliphatic rings. The van der Waals surface area contributed by atoms with E-state index in [1.807, 2.05) is 0 Å². The Morgan fingerprint density at radius 3 is 3.00 bits per heavy atom. The van der Waals surface area contributed by atoms with Gasteiger partial charge in [-0.2, -0.15) is 15.0 Å². The Morgan fingerprint density at radius 2 is 2.31 bits per heavy atom. The molecule has 2 aromatic rings. The van der Waals surface area contributed by atoms with Gasteiger partial charge in [0.15, 0.2) is 11.6 Å². The number of hydrogen-bond donors (Lipinski definition) is 1. The van der Waals surface area contributed by atoms with Crippen LogP contribution in [-0.2, 0) is 0 Å². The Hall–Kier alpha value is -2.26. The first kappa shape index (κ1) is 10.3. The number of rotatable bonds is 2. The summed E-state index contributed by atoms with van der Waals surface area (Å²) >= 11 is 0. The second kappa shape index (κ2) is 4.08. The lowest BCUT2D eigenvalue weighted by atomic mass is 10.2. The van der Waals surface area contributed by atoms with Crippen molar-refractivity contribution in [1.29, 1.82) is 5.26 Å². The average Bonchev–Trinajstić information content (AvgIpc) is 2.77. The minimum atomic E-state index is -0.268. The van der Waals surface area contributed by atoms with Crippen LogP contribution in [0.2, 0.25) is 0 Å². The SMILES string of the molecule is C[C@H](N)c1ncnn1-c1ncccc1C#N. The highest BCUT2D eigenvalue weighted by Crippen LogP contribution is 2.13. The molecule has 1 atom stereocenters. The lowest BCUT2D eigenvalue weighted by Gasteiger charge is -2.08. The molecule has 0 aliphatic heterocycles. The Bertz CT molecular complexity index is 536. The molecule has 0 spiro atoms. The van der Waals surface area contributed by atoms with Crippen molar-refractivity contribution >= 4 is 0 Å². The summed E-state index contributed by atoms with van der Waals surface area (Å²) in [4.78, 5) is 8.16. The zero-order valence-corrected chi connectivity index (χ0v) is 8.70. The highest BCUT2D eigenvalue weighted by Gasteiger charge is 2.14. The van der Waals surface area contributed by atoms with E-state index in [2.05, 4.69) is 21.1 Å². The third-order valence-corrected chi connectivity index (χ3v) is 2.09. The molecule has 0 saturated heterocycles. The molecule has 0 saturated carbocycles. The summed E-state index contributed by atoms with van der Waals surface area (Å²) in [7, 11) is 0. The molecule has 0 aliphatic carbocycles. The Morgan fingerprint density at radius 1 is 1.50 bits per heavy atom. The van der Waals surface area contributed by atoms with E-state index in [1.54, 1.807) is 25.3 Å². The zero-order chi connectivity index (χ0) is 11.5. The summed E-state index contributed by atoms with van der Waals surface area (Å²) in [6.45, 7) is 1.80. The highest BCUT2D eigenvalue weighted by molar-refractivity contribution is 5.42. The molecule has 0 aromatic carbocycles. The molecule has 0 amide bonds. The van der Waals surface area contributed by atoms with Crippen LogP contribution in [0.15, 0.2) is 24.7 Å². The predicted molar refractivity (Wildman–Crippen MR) is 56.5 cm³/mol. The number of nitriles is 1. The summed E-state index contributed by atoms with van der Waals surface area (Å²) in [5.74, 6) is 1.03. The number of nitrogens with zero attached hydrogens (tertiary/aromatic N) is 5. The van der Waals surface area contributed by atoms with Crippen LogP contribution in [0.1, 0.15) is 24.4 Å². The van der Waals surface area contributed by atoms with Crippen LogP contribution in [0.4, 0.5) is 0 Å². The Kier molecular flexibility index (Phi) is 2.62. The molecule has 6 heteroatoms. The third kappa shape index (κ3) is 1.64. The van der Waals surface area contributed by atoms with Gasteiger partial charge in [0.05, 0.1) is 11.6 Å². The molecule has 80 valence electrons. The molecule has 0 bridgehead atoms. The Labute approximate surface area is 92.4 Å². The zero-order valence-electron chi connectivity index (χ0n) is 8.70. The van der Waals surface area contributed by atoms with Crippen LogP contribution >= 0.6 is 0 Å². The van der Waals surface area contributed by atoms with Gasteiger partial charge in [-0.3, -0.25) is 0 Å². The van der Waals surface area contributed by atoms with Gasteiger partial charge >= 0.3 is 0 Å². The fraction of sp³-hybridized carbons (Fsp3) is 0.200. The predicted octanol–water partition coefficient (Wildman–Crippen LogP) is 0.554. The molecule has 2 rings (SSSR count). The number of nitrogens with two attached hydrogens (primary N) is 1. The Balaban J connectivity index is 2.60. The van der Waals surface area contributed by atoms with E-state index >= 15 is 0 Å². The molecule has 6 nitrogen and oxygen atoms in total. The quantitative estimate of drug-likeness (QED) is 0.788. The molecule has 2 heterocycles. The van der Waals surface area contributed by atoms with Gasteiger partial charge in [-0.15, -0.1) is 0 Å². The summed E-state index contributed by atoms with van der Waals surface area (Å²) in [6, 6.07) is 5.17. The summed E-state index contributed by atoms with van der Waals surface area (Å²) in [5, 5.41) is 13.0. The van der Waals surface area contributed by atoms with Gasteiger partial charge in [0.1, 0.15) is 12.4 Å². The number of pyridine rings is 1. The normalized spacial score (nSPS) is 12.1. The van der Waals surface area contributed by atoms with Crippen molar-refractivity contribution in [3.8, 4) is 11.9 Å². The van der Waals surface area contributed by atoms with Crippen LogP contribution < -0.4 is 5.73 Å². The van der Waals surface area contributed by atoms with Crippen LogP contribution in [-0.4, -0.2) is 19.7 Å². The minimum Gasteiger partial charge on any atom is -0.322 e. The topological polar surface area (TPSA) is 93.4 Å². The molecule has 2 aromatic heterocycles. The first-order valence-electron chi connectivity index (χ1n) is 4.75. The van der Waals surface area contributed by atoms with E-state index in [1.165, 1.54) is 11.0 Å². The van der Waals surface area contributed by atoms with Gasteiger partial charge < -0.3 is 5.73 Å². The second-order valence-corrected chi connectivity index (χ2v) is 3.31. The first-order valence-corrected chi connectivity index (χ1v) is 4.75. The smallest absolute Gasteiger partial charge is 0.173 e. The van der Waals surface area contributed by atoms with Crippen molar-refractivity contribution in [3.63, 3.8) is 0 Å². The largest absolute Gasteiger partial charge is 0.322 e. The molecular formula is C10H10N6. The van der Waals surface area contributed by atoms with Crippen molar-refractivity contribution in [1.82, 2.24) is 19.7 Å². The maximum atomic E-state index is 8.96. The van der Waals surface area contributed by atoms with Crippen LogP contribution in [0.25, 0.3) is 5.82 Å². The monoisotopic (exact) mass is 214 g/mol. The van der Waals surface area contributed by atoms with Crippen molar-refractivity contribution < 1.29 is 0 Å².